The molecule has 3 aromatic rings. The SMILES string of the molecule is CCCCCc1ccc(N(C(OC(=O)c2cc(Cl)ccc2Cl)C(C)OC)C(OC(=O)c2cc(Cl)ccc2Cl)C(C)OC)cc1. The zero-order valence-corrected chi connectivity index (χ0v) is 28.3. The molecule has 0 aliphatic carbocycles. The van der Waals surface area contributed by atoms with Crippen molar-refractivity contribution < 1.29 is 28.5 Å². The van der Waals surface area contributed by atoms with Crippen LogP contribution in [0.3, 0.4) is 0 Å². The maximum Gasteiger partial charge on any atom is 0.341 e. The second-order valence-corrected chi connectivity index (χ2v) is 11.9. The predicted octanol–water partition coefficient (Wildman–Crippen LogP) is 9.28. The number of ether oxygens (including phenoxy) is 4. The van der Waals surface area contributed by atoms with Crippen LogP contribution in [0.2, 0.25) is 20.1 Å². The Morgan fingerprint density at radius 2 is 1.16 bits per heavy atom. The van der Waals surface area contributed by atoms with E-state index in [0.29, 0.717) is 15.7 Å². The van der Waals surface area contributed by atoms with Gasteiger partial charge in [-0.3, -0.25) is 4.90 Å². The molecule has 238 valence electrons. The fourth-order valence-corrected chi connectivity index (χ4v) is 5.23. The minimum atomic E-state index is -1.13. The van der Waals surface area contributed by atoms with Gasteiger partial charge in [-0.25, -0.2) is 9.59 Å². The molecular formula is C33H37Cl4NO6. The molecule has 0 heterocycles. The Bertz CT molecular complexity index is 1320. The second kappa shape index (κ2) is 17.2. The molecule has 3 rings (SSSR count). The molecule has 4 unspecified atom stereocenters. The van der Waals surface area contributed by atoms with Crippen molar-refractivity contribution in [2.45, 2.75) is 71.1 Å². The molecule has 0 radical (unpaired) electrons. The molecule has 3 aromatic carbocycles. The second-order valence-electron chi connectivity index (χ2n) is 10.3. The van der Waals surface area contributed by atoms with Gasteiger partial charge in [0.15, 0.2) is 0 Å². The Labute approximate surface area is 279 Å². The van der Waals surface area contributed by atoms with Crippen LogP contribution in [0, 0.1) is 0 Å². The molecule has 44 heavy (non-hydrogen) atoms. The van der Waals surface area contributed by atoms with Crippen LogP contribution in [0.25, 0.3) is 0 Å². The largest absolute Gasteiger partial charge is 0.435 e. The first-order valence-electron chi connectivity index (χ1n) is 14.3. The number of benzene rings is 3. The topological polar surface area (TPSA) is 74.3 Å². The summed E-state index contributed by atoms with van der Waals surface area (Å²) in [5.74, 6) is -1.50. The van der Waals surface area contributed by atoms with Crippen molar-refractivity contribution in [3.05, 3.63) is 97.4 Å². The number of halogens is 4. The third-order valence-corrected chi connectivity index (χ3v) is 8.28. The van der Waals surface area contributed by atoms with Gasteiger partial charge in [-0.15, -0.1) is 0 Å². The van der Waals surface area contributed by atoms with Gasteiger partial charge in [-0.2, -0.15) is 0 Å². The average molecular weight is 685 g/mol. The number of rotatable bonds is 15. The van der Waals surface area contributed by atoms with Gasteiger partial charge in [0.25, 0.3) is 0 Å². The van der Waals surface area contributed by atoms with E-state index in [2.05, 4.69) is 6.92 Å². The first-order valence-corrected chi connectivity index (χ1v) is 15.8. The number of hydrogen-bond acceptors (Lipinski definition) is 7. The van der Waals surface area contributed by atoms with Gasteiger partial charge in [0.1, 0.15) is 12.2 Å². The number of nitrogens with zero attached hydrogens (tertiary/aromatic N) is 1. The zero-order chi connectivity index (χ0) is 32.4. The molecule has 11 heteroatoms. The Balaban J connectivity index is 2.13. The van der Waals surface area contributed by atoms with E-state index in [0.717, 1.165) is 31.2 Å². The summed E-state index contributed by atoms with van der Waals surface area (Å²) in [7, 11) is 2.97. The highest BCUT2D eigenvalue weighted by Gasteiger charge is 2.40. The summed E-state index contributed by atoms with van der Waals surface area (Å²) >= 11 is 25.0. The van der Waals surface area contributed by atoms with Gasteiger partial charge < -0.3 is 18.9 Å². The molecule has 0 aromatic heterocycles. The summed E-state index contributed by atoms with van der Waals surface area (Å²) in [6, 6.07) is 16.8. The fraction of sp³-hybridized carbons (Fsp3) is 0.394. The Morgan fingerprint density at radius 3 is 1.57 bits per heavy atom. The molecule has 0 amide bonds. The highest BCUT2D eigenvalue weighted by molar-refractivity contribution is 6.36. The third kappa shape index (κ3) is 9.49. The van der Waals surface area contributed by atoms with Crippen LogP contribution in [0.15, 0.2) is 60.7 Å². The van der Waals surface area contributed by atoms with Crippen LogP contribution in [0.5, 0.6) is 0 Å². The first-order chi connectivity index (χ1) is 21.0. The number of carbonyl (C=O) groups is 2. The predicted molar refractivity (Wildman–Crippen MR) is 176 cm³/mol. The molecule has 0 fully saturated rings. The smallest absolute Gasteiger partial charge is 0.341 e. The van der Waals surface area contributed by atoms with E-state index in [1.165, 1.54) is 38.5 Å². The van der Waals surface area contributed by atoms with E-state index >= 15 is 0 Å². The summed E-state index contributed by atoms with van der Waals surface area (Å²) in [6.45, 7) is 5.62. The van der Waals surface area contributed by atoms with Crippen molar-refractivity contribution in [2.24, 2.45) is 0 Å². The number of unbranched alkanes of at least 4 members (excludes halogenated alkanes) is 2. The maximum absolute atomic E-state index is 13.6. The highest BCUT2D eigenvalue weighted by Crippen LogP contribution is 2.31. The van der Waals surface area contributed by atoms with E-state index in [-0.39, 0.29) is 21.2 Å². The number of hydrogen-bond donors (Lipinski definition) is 0. The van der Waals surface area contributed by atoms with E-state index in [1.807, 2.05) is 24.3 Å². The van der Waals surface area contributed by atoms with Gasteiger partial charge in [0, 0.05) is 30.0 Å². The highest BCUT2D eigenvalue weighted by atomic mass is 35.5. The van der Waals surface area contributed by atoms with Gasteiger partial charge >= 0.3 is 11.9 Å². The van der Waals surface area contributed by atoms with Crippen molar-refractivity contribution in [1.29, 1.82) is 0 Å². The lowest BCUT2D eigenvalue weighted by atomic mass is 10.1. The van der Waals surface area contributed by atoms with E-state index < -0.39 is 36.6 Å². The average Bonchev–Trinajstić information content (AvgIpc) is 3.02. The maximum atomic E-state index is 13.6. The summed E-state index contributed by atoms with van der Waals surface area (Å²) in [5, 5.41) is 0.947. The van der Waals surface area contributed by atoms with Crippen LogP contribution in [0.1, 0.15) is 66.3 Å². The number of aryl methyl sites for hydroxylation is 1. The normalized spacial score (nSPS) is 13.9. The molecular weight excluding hydrogens is 648 g/mol. The third-order valence-electron chi connectivity index (χ3n) is 7.15. The number of carbonyl (C=O) groups excluding carboxylic acids is 2. The Morgan fingerprint density at radius 1 is 0.705 bits per heavy atom. The van der Waals surface area contributed by atoms with Crippen LogP contribution in [-0.4, -0.2) is 50.8 Å². The molecule has 0 saturated heterocycles. The summed E-state index contributed by atoms with van der Waals surface area (Å²) in [4.78, 5) is 28.8. The first kappa shape index (κ1) is 36.0. The van der Waals surface area contributed by atoms with Gasteiger partial charge in [0.2, 0.25) is 12.5 Å². The van der Waals surface area contributed by atoms with E-state index in [9.17, 15) is 9.59 Å². The molecule has 0 bridgehead atoms. The standard InChI is InChI=1S/C33H37Cl4NO6/c1-6-7-8-9-22-10-14-25(15-11-22)38(30(20(2)41-4)43-32(39)26-18-23(34)12-16-28(26)36)31(21(3)42-5)44-33(40)27-19-24(35)13-17-29(27)37/h10-21,30-31H,6-9H2,1-5H3. The van der Waals surface area contributed by atoms with Gasteiger partial charge in [0.05, 0.1) is 21.2 Å². The van der Waals surface area contributed by atoms with Crippen molar-refractivity contribution in [3.8, 4) is 0 Å². The Kier molecular flexibility index (Phi) is 14.1. The van der Waals surface area contributed by atoms with Gasteiger partial charge in [-0.1, -0.05) is 78.3 Å². The summed E-state index contributed by atoms with van der Waals surface area (Å²) < 4.78 is 23.5. The molecule has 0 aliphatic heterocycles. The lowest BCUT2D eigenvalue weighted by Gasteiger charge is -2.42. The van der Waals surface area contributed by atoms with Crippen LogP contribution >= 0.6 is 46.4 Å². The molecule has 7 nitrogen and oxygen atoms in total. The molecule has 4 atom stereocenters. The quantitative estimate of drug-likeness (QED) is 0.0897. The van der Waals surface area contributed by atoms with Crippen LogP contribution in [0.4, 0.5) is 5.69 Å². The monoisotopic (exact) mass is 683 g/mol. The number of methoxy groups -OCH3 is 2. The molecule has 0 saturated carbocycles. The minimum Gasteiger partial charge on any atom is -0.435 e. The van der Waals surface area contributed by atoms with Crippen molar-refractivity contribution in [2.75, 3.05) is 19.1 Å². The molecule has 0 spiro atoms. The minimum absolute atomic E-state index is 0.0673. The molecule has 0 N–H and O–H groups in total. The Hall–Kier alpha value is -2.52. The van der Waals surface area contributed by atoms with E-state index in [1.54, 1.807) is 30.9 Å². The van der Waals surface area contributed by atoms with Crippen LogP contribution in [-0.2, 0) is 25.4 Å². The van der Waals surface area contributed by atoms with Crippen molar-refractivity contribution in [3.63, 3.8) is 0 Å². The lowest BCUT2D eigenvalue weighted by Crippen LogP contribution is -2.56. The zero-order valence-electron chi connectivity index (χ0n) is 25.3. The fourth-order valence-electron chi connectivity index (χ4n) is 4.50. The van der Waals surface area contributed by atoms with Crippen molar-refractivity contribution in [1.82, 2.24) is 0 Å². The molecule has 0 aliphatic rings. The summed E-state index contributed by atoms with van der Waals surface area (Å²) in [5.41, 5.74) is 1.86. The van der Waals surface area contributed by atoms with E-state index in [4.69, 9.17) is 65.4 Å². The van der Waals surface area contributed by atoms with Crippen molar-refractivity contribution >= 4 is 64.0 Å². The number of anilines is 1. The van der Waals surface area contributed by atoms with Gasteiger partial charge in [-0.05, 0) is 80.8 Å². The lowest BCUT2D eigenvalue weighted by molar-refractivity contribution is -0.0741. The summed E-state index contributed by atoms with van der Waals surface area (Å²) in [6.07, 6.45) is 0.512. The number of esters is 2. The van der Waals surface area contributed by atoms with Crippen LogP contribution < -0.4 is 4.90 Å².